The van der Waals surface area contributed by atoms with Gasteiger partial charge in [-0.05, 0) is 19.1 Å². The van der Waals surface area contributed by atoms with E-state index in [1.54, 1.807) is 0 Å². The molecule has 3 N–H and O–H groups in total. The van der Waals surface area contributed by atoms with Crippen LogP contribution in [0.2, 0.25) is 0 Å². The van der Waals surface area contributed by atoms with E-state index < -0.39 is 0 Å². The number of aryl methyl sites for hydroxylation is 1. The first-order chi connectivity index (χ1) is 12.1. The highest BCUT2D eigenvalue weighted by Gasteiger charge is 2.21. The Morgan fingerprint density at radius 1 is 1.32 bits per heavy atom. The van der Waals surface area contributed by atoms with E-state index in [0.29, 0.717) is 17.9 Å². The molecule has 8 nitrogen and oxygen atoms in total. The number of rotatable bonds is 3. The predicted octanol–water partition coefficient (Wildman–Crippen LogP) is 1.41. The Morgan fingerprint density at radius 2 is 2.20 bits per heavy atom. The van der Waals surface area contributed by atoms with E-state index in [9.17, 15) is 4.79 Å². The topological polar surface area (TPSA) is 101 Å². The largest absolute Gasteiger partial charge is 0.321 e. The van der Waals surface area contributed by atoms with Crippen LogP contribution in [-0.2, 0) is 20.0 Å². The summed E-state index contributed by atoms with van der Waals surface area (Å²) in [6.07, 6.45) is 0.858. The summed E-state index contributed by atoms with van der Waals surface area (Å²) in [7, 11) is 1.92. The minimum Gasteiger partial charge on any atom is -0.321 e. The van der Waals surface area contributed by atoms with Crippen molar-refractivity contribution >= 4 is 11.6 Å². The molecule has 0 atom stereocenters. The van der Waals surface area contributed by atoms with E-state index in [2.05, 4.69) is 31.0 Å². The highest BCUT2D eigenvalue weighted by atomic mass is 16.1. The molecule has 8 heteroatoms. The normalized spacial score (nSPS) is 13.5. The van der Waals surface area contributed by atoms with Crippen LogP contribution in [0.1, 0.15) is 27.6 Å². The van der Waals surface area contributed by atoms with Crippen LogP contribution >= 0.6 is 0 Å². The van der Waals surface area contributed by atoms with Crippen molar-refractivity contribution < 1.29 is 4.79 Å². The van der Waals surface area contributed by atoms with Gasteiger partial charge in [-0.25, -0.2) is 0 Å². The minimum absolute atomic E-state index is 0.215. The lowest BCUT2D eigenvalue weighted by molar-refractivity contribution is 0.102. The second-order valence-corrected chi connectivity index (χ2v) is 6.12. The van der Waals surface area contributed by atoms with Gasteiger partial charge in [0.2, 0.25) is 0 Å². The number of nitrogens with one attached hydrogen (secondary N) is 3. The van der Waals surface area contributed by atoms with E-state index in [1.807, 2.05) is 42.8 Å². The summed E-state index contributed by atoms with van der Waals surface area (Å²) >= 11 is 0. The number of carbonyl (C=O) groups excluding carboxylic acids is 1. The average Bonchev–Trinajstić information content (AvgIpc) is 3.19. The molecule has 0 saturated carbocycles. The van der Waals surface area contributed by atoms with Crippen LogP contribution in [0, 0.1) is 6.92 Å². The van der Waals surface area contributed by atoms with Crippen LogP contribution in [-0.4, -0.2) is 37.4 Å². The lowest BCUT2D eigenvalue weighted by Crippen LogP contribution is -2.25. The van der Waals surface area contributed by atoms with Gasteiger partial charge in [0.1, 0.15) is 5.82 Å². The summed E-state index contributed by atoms with van der Waals surface area (Å²) < 4.78 is 1.91. The summed E-state index contributed by atoms with van der Waals surface area (Å²) in [6, 6.07) is 7.57. The first kappa shape index (κ1) is 15.5. The molecular formula is C17H19N7O. The molecule has 2 aromatic heterocycles. The molecule has 3 aromatic rings. The maximum Gasteiger partial charge on any atom is 0.276 e. The molecule has 0 spiro atoms. The fraction of sp³-hybridized carbons (Fsp3) is 0.294. The Kier molecular flexibility index (Phi) is 3.81. The zero-order chi connectivity index (χ0) is 17.4. The molecule has 25 heavy (non-hydrogen) atoms. The van der Waals surface area contributed by atoms with E-state index >= 15 is 0 Å². The van der Waals surface area contributed by atoms with Crippen molar-refractivity contribution in [1.29, 1.82) is 0 Å². The molecule has 1 aliphatic rings. The van der Waals surface area contributed by atoms with Crippen molar-refractivity contribution in [1.82, 2.24) is 30.3 Å². The van der Waals surface area contributed by atoms with Crippen molar-refractivity contribution in [2.75, 3.05) is 11.9 Å². The summed E-state index contributed by atoms with van der Waals surface area (Å²) in [6.45, 7) is 3.46. The molecular weight excluding hydrogens is 318 g/mol. The molecule has 0 radical (unpaired) electrons. The highest BCUT2D eigenvalue weighted by Crippen LogP contribution is 2.22. The van der Waals surface area contributed by atoms with Gasteiger partial charge >= 0.3 is 0 Å². The van der Waals surface area contributed by atoms with Crippen LogP contribution in [0.15, 0.2) is 24.3 Å². The molecule has 0 bridgehead atoms. The molecule has 3 heterocycles. The number of fused-ring (bicyclic) bond motifs is 1. The quantitative estimate of drug-likeness (QED) is 0.671. The lowest BCUT2D eigenvalue weighted by Gasteiger charge is -2.13. The average molecular weight is 337 g/mol. The third kappa shape index (κ3) is 2.80. The Balaban J connectivity index is 1.59. The third-order valence-electron chi connectivity index (χ3n) is 4.49. The molecule has 1 aromatic carbocycles. The maximum atomic E-state index is 12.6. The Labute approximate surface area is 144 Å². The maximum absolute atomic E-state index is 12.6. The second kappa shape index (κ2) is 6.14. The minimum atomic E-state index is -0.215. The van der Waals surface area contributed by atoms with Crippen LogP contribution in [0.4, 0.5) is 5.69 Å². The summed E-state index contributed by atoms with van der Waals surface area (Å²) in [4.78, 5) is 12.6. The lowest BCUT2D eigenvalue weighted by atomic mass is 10.1. The van der Waals surface area contributed by atoms with Crippen LogP contribution < -0.4 is 10.6 Å². The number of nitrogens with zero attached hydrogens (tertiary/aromatic N) is 4. The van der Waals surface area contributed by atoms with Gasteiger partial charge in [0.25, 0.3) is 5.91 Å². The zero-order valence-corrected chi connectivity index (χ0v) is 14.1. The fourth-order valence-corrected chi connectivity index (χ4v) is 3.00. The van der Waals surface area contributed by atoms with Crippen LogP contribution in [0.3, 0.4) is 0 Å². The van der Waals surface area contributed by atoms with E-state index in [1.165, 1.54) is 0 Å². The number of aromatic nitrogens is 5. The highest BCUT2D eigenvalue weighted by molar-refractivity contribution is 6.04. The fourth-order valence-electron chi connectivity index (χ4n) is 3.00. The summed E-state index contributed by atoms with van der Waals surface area (Å²) in [5.41, 5.74) is 4.02. The smallest absolute Gasteiger partial charge is 0.276 e. The van der Waals surface area contributed by atoms with Gasteiger partial charge in [0, 0.05) is 49.1 Å². The third-order valence-corrected chi connectivity index (χ3v) is 4.49. The molecule has 0 saturated heterocycles. The Bertz CT molecular complexity index is 940. The monoisotopic (exact) mass is 337 g/mol. The van der Waals surface area contributed by atoms with Crippen molar-refractivity contribution in [3.05, 3.63) is 47.0 Å². The molecule has 0 fully saturated rings. The van der Waals surface area contributed by atoms with Crippen molar-refractivity contribution in [2.24, 2.45) is 7.05 Å². The molecule has 0 aliphatic carbocycles. The van der Waals surface area contributed by atoms with E-state index in [0.717, 1.165) is 41.4 Å². The standard InChI is InChI=1S/C17H19N7O/c1-10-20-23-16(24(10)2)11-4-3-5-12(8-11)19-17(25)15-13-9-18-7-6-14(13)21-22-15/h3-5,8,18H,6-7,9H2,1-2H3,(H,19,25)(H,21,22). The Hall–Kier alpha value is -3.00. The number of amides is 1. The van der Waals surface area contributed by atoms with Gasteiger partial charge in [-0.3, -0.25) is 9.89 Å². The summed E-state index contributed by atoms with van der Waals surface area (Å²) in [5, 5.41) is 21.6. The number of aromatic amines is 1. The predicted molar refractivity (Wildman–Crippen MR) is 93.1 cm³/mol. The van der Waals surface area contributed by atoms with Crippen LogP contribution in [0.5, 0.6) is 0 Å². The number of anilines is 1. The van der Waals surface area contributed by atoms with Crippen molar-refractivity contribution in [3.63, 3.8) is 0 Å². The second-order valence-electron chi connectivity index (χ2n) is 6.12. The molecule has 0 unspecified atom stereocenters. The molecule has 128 valence electrons. The molecule has 4 rings (SSSR count). The number of hydrogen-bond donors (Lipinski definition) is 3. The zero-order valence-electron chi connectivity index (χ0n) is 14.1. The SMILES string of the molecule is Cc1nnc(-c2cccc(NC(=O)c3n[nH]c4c3CNCC4)c2)n1C. The van der Waals surface area contributed by atoms with Gasteiger partial charge in [-0.2, -0.15) is 5.10 Å². The van der Waals surface area contributed by atoms with Gasteiger partial charge in [0.05, 0.1) is 0 Å². The first-order valence-corrected chi connectivity index (χ1v) is 8.18. The van der Waals surface area contributed by atoms with Crippen molar-refractivity contribution in [2.45, 2.75) is 19.9 Å². The number of carbonyl (C=O) groups is 1. The van der Waals surface area contributed by atoms with Gasteiger partial charge in [-0.15, -0.1) is 10.2 Å². The van der Waals surface area contributed by atoms with E-state index in [4.69, 9.17) is 0 Å². The van der Waals surface area contributed by atoms with E-state index in [-0.39, 0.29) is 5.91 Å². The number of hydrogen-bond acceptors (Lipinski definition) is 5. The molecule has 1 amide bonds. The van der Waals surface area contributed by atoms with Gasteiger partial charge in [-0.1, -0.05) is 12.1 Å². The van der Waals surface area contributed by atoms with Gasteiger partial charge < -0.3 is 15.2 Å². The van der Waals surface area contributed by atoms with Crippen LogP contribution in [0.25, 0.3) is 11.4 Å². The number of H-pyrrole nitrogens is 1. The van der Waals surface area contributed by atoms with Crippen molar-refractivity contribution in [3.8, 4) is 11.4 Å². The number of benzene rings is 1. The molecule has 1 aliphatic heterocycles. The summed E-state index contributed by atoms with van der Waals surface area (Å²) in [5.74, 6) is 1.38. The van der Waals surface area contributed by atoms with Gasteiger partial charge in [0.15, 0.2) is 11.5 Å². The Morgan fingerprint density at radius 3 is 3.00 bits per heavy atom. The first-order valence-electron chi connectivity index (χ1n) is 8.18.